The van der Waals surface area contributed by atoms with Crippen molar-refractivity contribution in [3.8, 4) is 11.5 Å². The molecule has 1 saturated heterocycles. The topological polar surface area (TPSA) is 102 Å². The van der Waals surface area contributed by atoms with E-state index >= 15 is 0 Å². The SMILES string of the molecule is CCOc1cc(/C=C2\C(=O)NC(=O)N(c3ccccc3C)C2=O)ccc1OC(=O)c1ccc(Br)cc1. The smallest absolute Gasteiger partial charge is 0.343 e. The molecule has 3 aromatic carbocycles. The van der Waals surface area contributed by atoms with E-state index in [-0.39, 0.29) is 23.7 Å². The van der Waals surface area contributed by atoms with Gasteiger partial charge in [-0.3, -0.25) is 14.9 Å². The Morgan fingerprint density at radius 1 is 1.00 bits per heavy atom. The monoisotopic (exact) mass is 548 g/mol. The van der Waals surface area contributed by atoms with Crippen LogP contribution >= 0.6 is 15.9 Å². The van der Waals surface area contributed by atoms with Gasteiger partial charge in [0.15, 0.2) is 11.5 Å². The van der Waals surface area contributed by atoms with Gasteiger partial charge in [0.2, 0.25) is 0 Å². The minimum Gasteiger partial charge on any atom is -0.490 e. The number of esters is 1. The number of hydrogen-bond donors (Lipinski definition) is 1. The normalized spacial score (nSPS) is 14.6. The molecule has 1 fully saturated rings. The second-order valence-electron chi connectivity index (χ2n) is 7.78. The Hall–Kier alpha value is -4.24. The number of imide groups is 2. The number of amides is 4. The summed E-state index contributed by atoms with van der Waals surface area (Å²) in [7, 11) is 0. The summed E-state index contributed by atoms with van der Waals surface area (Å²) in [4.78, 5) is 51.7. The van der Waals surface area contributed by atoms with Crippen LogP contribution in [0.2, 0.25) is 0 Å². The molecule has 0 bridgehead atoms. The fraction of sp³-hybridized carbons (Fsp3) is 0.111. The molecule has 182 valence electrons. The number of anilines is 1. The Morgan fingerprint density at radius 3 is 2.42 bits per heavy atom. The van der Waals surface area contributed by atoms with Gasteiger partial charge in [-0.05, 0) is 73.5 Å². The molecule has 9 heteroatoms. The molecule has 0 aliphatic carbocycles. The van der Waals surface area contributed by atoms with Crippen molar-refractivity contribution < 1.29 is 28.7 Å². The van der Waals surface area contributed by atoms with Crippen molar-refractivity contribution in [2.24, 2.45) is 0 Å². The average molecular weight is 549 g/mol. The number of carbonyl (C=O) groups excluding carboxylic acids is 4. The fourth-order valence-electron chi connectivity index (χ4n) is 3.57. The minimum atomic E-state index is -0.818. The number of para-hydroxylation sites is 1. The Labute approximate surface area is 215 Å². The van der Waals surface area contributed by atoms with Gasteiger partial charge in [-0.15, -0.1) is 0 Å². The zero-order valence-electron chi connectivity index (χ0n) is 19.4. The van der Waals surface area contributed by atoms with Crippen molar-refractivity contribution in [1.82, 2.24) is 5.32 Å². The van der Waals surface area contributed by atoms with E-state index in [1.165, 1.54) is 12.1 Å². The highest BCUT2D eigenvalue weighted by Gasteiger charge is 2.37. The van der Waals surface area contributed by atoms with Crippen LogP contribution in [-0.4, -0.2) is 30.4 Å². The van der Waals surface area contributed by atoms with Crippen LogP contribution in [0, 0.1) is 6.92 Å². The van der Waals surface area contributed by atoms with E-state index in [1.807, 2.05) is 0 Å². The molecule has 0 atom stereocenters. The predicted octanol–water partition coefficient (Wildman–Crippen LogP) is 5.04. The van der Waals surface area contributed by atoms with Crippen molar-refractivity contribution in [3.63, 3.8) is 0 Å². The molecule has 0 unspecified atom stereocenters. The zero-order valence-corrected chi connectivity index (χ0v) is 21.0. The van der Waals surface area contributed by atoms with Crippen LogP contribution < -0.4 is 19.7 Å². The highest BCUT2D eigenvalue weighted by atomic mass is 79.9. The molecule has 1 aliphatic rings. The lowest BCUT2D eigenvalue weighted by Gasteiger charge is -2.27. The van der Waals surface area contributed by atoms with Gasteiger partial charge < -0.3 is 9.47 Å². The number of carbonyl (C=O) groups is 4. The van der Waals surface area contributed by atoms with Crippen molar-refractivity contribution in [1.29, 1.82) is 0 Å². The van der Waals surface area contributed by atoms with Crippen molar-refractivity contribution in [2.45, 2.75) is 13.8 Å². The maximum absolute atomic E-state index is 13.2. The Balaban J connectivity index is 1.65. The molecule has 1 heterocycles. The van der Waals surface area contributed by atoms with Gasteiger partial charge in [-0.25, -0.2) is 14.5 Å². The van der Waals surface area contributed by atoms with E-state index in [9.17, 15) is 19.2 Å². The standard InChI is InChI=1S/C27H21BrN2O6/c1-3-35-23-15-17(8-13-22(23)36-26(33)18-9-11-19(28)12-10-18)14-20-24(31)29-27(34)30(25(20)32)21-7-5-4-6-16(21)2/h4-15H,3H2,1-2H3,(H,29,31,34)/b20-14+. The molecular formula is C27H21BrN2O6. The number of ether oxygens (including phenoxy) is 2. The van der Waals surface area contributed by atoms with Crippen LogP contribution in [0.5, 0.6) is 11.5 Å². The first-order valence-electron chi connectivity index (χ1n) is 11.0. The number of urea groups is 1. The van der Waals surface area contributed by atoms with Gasteiger partial charge in [-0.2, -0.15) is 0 Å². The number of nitrogens with one attached hydrogen (secondary N) is 1. The third-order valence-electron chi connectivity index (χ3n) is 5.32. The Kier molecular flexibility index (Phi) is 7.30. The number of halogens is 1. The summed E-state index contributed by atoms with van der Waals surface area (Å²) >= 11 is 3.32. The summed E-state index contributed by atoms with van der Waals surface area (Å²) in [5, 5.41) is 2.21. The summed E-state index contributed by atoms with van der Waals surface area (Å²) in [5.41, 5.74) is 1.66. The lowest BCUT2D eigenvalue weighted by molar-refractivity contribution is -0.122. The summed E-state index contributed by atoms with van der Waals surface area (Å²) < 4.78 is 12.0. The largest absolute Gasteiger partial charge is 0.490 e. The third kappa shape index (κ3) is 5.21. The molecule has 0 spiro atoms. The van der Waals surface area contributed by atoms with Gasteiger partial charge in [0.05, 0.1) is 17.9 Å². The second-order valence-corrected chi connectivity index (χ2v) is 8.70. The lowest BCUT2D eigenvalue weighted by atomic mass is 10.1. The van der Waals surface area contributed by atoms with Crippen LogP contribution in [0.15, 0.2) is 76.8 Å². The van der Waals surface area contributed by atoms with E-state index in [1.54, 1.807) is 74.5 Å². The molecule has 8 nitrogen and oxygen atoms in total. The molecule has 1 aliphatic heterocycles. The highest BCUT2D eigenvalue weighted by Crippen LogP contribution is 2.31. The molecule has 0 radical (unpaired) electrons. The average Bonchev–Trinajstić information content (AvgIpc) is 2.85. The van der Waals surface area contributed by atoms with Crippen LogP contribution in [0.3, 0.4) is 0 Å². The summed E-state index contributed by atoms with van der Waals surface area (Å²) in [6.07, 6.45) is 1.36. The number of rotatable bonds is 6. The van der Waals surface area contributed by atoms with E-state index in [4.69, 9.17) is 9.47 Å². The second kappa shape index (κ2) is 10.6. The summed E-state index contributed by atoms with van der Waals surface area (Å²) in [5.74, 6) is -1.68. The summed E-state index contributed by atoms with van der Waals surface area (Å²) in [6.45, 7) is 3.82. The molecule has 36 heavy (non-hydrogen) atoms. The maximum Gasteiger partial charge on any atom is 0.343 e. The first-order chi connectivity index (χ1) is 17.3. The third-order valence-corrected chi connectivity index (χ3v) is 5.85. The molecule has 3 aromatic rings. The van der Waals surface area contributed by atoms with Crippen molar-refractivity contribution in [3.05, 3.63) is 93.5 Å². The summed E-state index contributed by atoms with van der Waals surface area (Å²) in [6, 6.07) is 17.4. The molecule has 4 rings (SSSR count). The Morgan fingerprint density at radius 2 is 1.72 bits per heavy atom. The van der Waals surface area contributed by atoms with E-state index in [0.29, 0.717) is 22.4 Å². The van der Waals surface area contributed by atoms with Gasteiger partial charge >= 0.3 is 12.0 Å². The van der Waals surface area contributed by atoms with Gasteiger partial charge in [-0.1, -0.05) is 40.2 Å². The number of barbiturate groups is 1. The van der Waals surface area contributed by atoms with Crippen molar-refractivity contribution in [2.75, 3.05) is 11.5 Å². The number of benzene rings is 3. The van der Waals surface area contributed by atoms with Crippen LogP contribution in [0.1, 0.15) is 28.4 Å². The minimum absolute atomic E-state index is 0.183. The predicted molar refractivity (Wildman–Crippen MR) is 137 cm³/mol. The van der Waals surface area contributed by atoms with Gasteiger partial charge in [0, 0.05) is 4.47 Å². The fourth-order valence-corrected chi connectivity index (χ4v) is 3.83. The molecular weight excluding hydrogens is 528 g/mol. The molecule has 0 aromatic heterocycles. The van der Waals surface area contributed by atoms with Crippen LogP contribution in [0.25, 0.3) is 6.08 Å². The molecule has 0 saturated carbocycles. The number of nitrogens with zero attached hydrogens (tertiary/aromatic N) is 1. The molecule has 1 N–H and O–H groups in total. The van der Waals surface area contributed by atoms with E-state index < -0.39 is 23.8 Å². The highest BCUT2D eigenvalue weighted by molar-refractivity contribution is 9.10. The van der Waals surface area contributed by atoms with Crippen LogP contribution in [0.4, 0.5) is 10.5 Å². The van der Waals surface area contributed by atoms with E-state index in [2.05, 4.69) is 21.2 Å². The quantitative estimate of drug-likeness (QED) is 0.200. The van der Waals surface area contributed by atoms with Crippen LogP contribution in [-0.2, 0) is 9.59 Å². The van der Waals surface area contributed by atoms with Crippen molar-refractivity contribution >= 4 is 51.5 Å². The zero-order chi connectivity index (χ0) is 25.8. The first-order valence-corrected chi connectivity index (χ1v) is 11.8. The van der Waals surface area contributed by atoms with E-state index in [0.717, 1.165) is 9.37 Å². The maximum atomic E-state index is 13.2. The Bertz CT molecular complexity index is 1400. The first kappa shape index (κ1) is 24.9. The lowest BCUT2D eigenvalue weighted by Crippen LogP contribution is -2.54. The van der Waals surface area contributed by atoms with Gasteiger partial charge in [0.25, 0.3) is 11.8 Å². The number of aryl methyl sites for hydroxylation is 1. The van der Waals surface area contributed by atoms with Gasteiger partial charge in [0.1, 0.15) is 5.57 Å². The molecule has 4 amide bonds. The number of hydrogen-bond acceptors (Lipinski definition) is 6.